The Bertz CT molecular complexity index is 1780. The molecule has 0 aliphatic carbocycles. The minimum Gasteiger partial charge on any atom is -0.493 e. The number of sulfonamides is 1. The summed E-state index contributed by atoms with van der Waals surface area (Å²) in [6.07, 6.45) is 3.41. The van der Waals surface area contributed by atoms with Crippen molar-refractivity contribution >= 4 is 38.5 Å². The SMILES string of the molecule is COc1cc2c(Oc3cccc(NC(=O)Nc4cc(C(C)(C)C)on4)c3)ncnc2cc1OCCCN1CCN(S(C)(=O)=O)CC1. The Balaban J connectivity index is 1.19. The van der Waals surface area contributed by atoms with Crippen molar-refractivity contribution in [2.45, 2.75) is 32.6 Å². The maximum atomic E-state index is 12.6. The van der Waals surface area contributed by atoms with E-state index in [2.05, 4.69) is 30.7 Å². The van der Waals surface area contributed by atoms with E-state index in [-0.39, 0.29) is 5.41 Å². The number of anilines is 2. The highest BCUT2D eigenvalue weighted by atomic mass is 32.2. The predicted molar refractivity (Wildman–Crippen MR) is 173 cm³/mol. The molecule has 0 atom stereocenters. The summed E-state index contributed by atoms with van der Waals surface area (Å²) in [6, 6.07) is 11.7. The fourth-order valence-electron chi connectivity index (χ4n) is 4.86. The lowest BCUT2D eigenvalue weighted by Crippen LogP contribution is -2.48. The van der Waals surface area contributed by atoms with Crippen LogP contribution in [0.2, 0.25) is 0 Å². The second-order valence-corrected chi connectivity index (χ2v) is 13.9. The third-order valence-electron chi connectivity index (χ3n) is 7.36. The molecule has 2 aromatic heterocycles. The summed E-state index contributed by atoms with van der Waals surface area (Å²) >= 11 is 0. The number of hydrogen-bond acceptors (Lipinski definition) is 11. The van der Waals surface area contributed by atoms with E-state index < -0.39 is 16.1 Å². The second kappa shape index (κ2) is 13.9. The Hall–Kier alpha value is -4.47. The lowest BCUT2D eigenvalue weighted by atomic mass is 9.93. The molecule has 2 N–H and O–H groups in total. The predicted octanol–water partition coefficient (Wildman–Crippen LogP) is 4.71. The van der Waals surface area contributed by atoms with E-state index in [1.165, 1.54) is 16.9 Å². The first kappa shape index (κ1) is 32.9. The molecule has 246 valence electrons. The van der Waals surface area contributed by atoms with E-state index in [0.717, 1.165) is 13.0 Å². The van der Waals surface area contributed by atoms with Gasteiger partial charge in [0.2, 0.25) is 15.9 Å². The average molecular weight is 654 g/mol. The molecule has 3 heterocycles. The monoisotopic (exact) mass is 653 g/mol. The maximum Gasteiger partial charge on any atom is 0.324 e. The van der Waals surface area contributed by atoms with Gasteiger partial charge in [0.25, 0.3) is 0 Å². The van der Waals surface area contributed by atoms with Gasteiger partial charge in [0.1, 0.15) is 17.8 Å². The highest BCUT2D eigenvalue weighted by Gasteiger charge is 2.23. The van der Waals surface area contributed by atoms with E-state index in [1.54, 1.807) is 49.6 Å². The van der Waals surface area contributed by atoms with Crippen LogP contribution in [0, 0.1) is 0 Å². The van der Waals surface area contributed by atoms with Gasteiger partial charge in [0, 0.05) is 62.0 Å². The van der Waals surface area contributed by atoms with Crippen molar-refractivity contribution in [3.8, 4) is 23.1 Å². The quantitative estimate of drug-likeness (QED) is 0.216. The lowest BCUT2D eigenvalue weighted by molar-refractivity contribution is 0.174. The Labute approximate surface area is 268 Å². The number of carbonyl (C=O) groups is 1. The van der Waals surface area contributed by atoms with Gasteiger partial charge in [-0.15, -0.1) is 0 Å². The molecule has 15 heteroatoms. The van der Waals surface area contributed by atoms with E-state index in [9.17, 15) is 13.2 Å². The molecule has 46 heavy (non-hydrogen) atoms. The number of hydrogen-bond donors (Lipinski definition) is 2. The zero-order chi connectivity index (χ0) is 32.9. The van der Waals surface area contributed by atoms with Gasteiger partial charge < -0.3 is 29.0 Å². The summed E-state index contributed by atoms with van der Waals surface area (Å²) in [5.41, 5.74) is 0.868. The summed E-state index contributed by atoms with van der Waals surface area (Å²) in [5.74, 6) is 2.77. The number of methoxy groups -OCH3 is 1. The number of nitrogens with zero attached hydrogens (tertiary/aromatic N) is 5. The number of urea groups is 1. The third-order valence-corrected chi connectivity index (χ3v) is 8.66. The number of piperazine rings is 1. The Morgan fingerprint density at radius 2 is 1.80 bits per heavy atom. The van der Waals surface area contributed by atoms with Crippen molar-refractivity contribution in [3.05, 3.63) is 54.6 Å². The number of ether oxygens (including phenoxy) is 3. The van der Waals surface area contributed by atoms with Crippen LogP contribution >= 0.6 is 0 Å². The number of aromatic nitrogens is 3. The summed E-state index contributed by atoms with van der Waals surface area (Å²) in [5, 5.41) is 9.97. The number of amides is 2. The Morgan fingerprint density at radius 1 is 1.02 bits per heavy atom. The van der Waals surface area contributed by atoms with Crippen LogP contribution in [0.4, 0.5) is 16.3 Å². The normalized spacial score (nSPS) is 14.6. The standard InChI is InChI=1S/C31H39N7O7S/c1-31(2,3)27-19-28(36-45-27)35-30(39)34-21-8-6-9-22(16-21)44-29-23-17-25(42-4)26(18-24(23)32-20-33-29)43-15-7-10-37-11-13-38(14-12-37)46(5,40)41/h6,8-9,16-20H,7,10-15H2,1-5H3,(H2,34,35,36,39). The number of nitrogens with one attached hydrogen (secondary N) is 2. The Morgan fingerprint density at radius 3 is 2.50 bits per heavy atom. The first-order valence-corrected chi connectivity index (χ1v) is 16.7. The molecule has 0 radical (unpaired) electrons. The van der Waals surface area contributed by atoms with Crippen molar-refractivity contribution in [2.24, 2.45) is 0 Å². The molecule has 14 nitrogen and oxygen atoms in total. The number of benzene rings is 2. The molecule has 1 aliphatic heterocycles. The summed E-state index contributed by atoms with van der Waals surface area (Å²) in [6.45, 7) is 9.61. The Kier molecular flexibility index (Phi) is 9.94. The van der Waals surface area contributed by atoms with Crippen molar-refractivity contribution in [1.29, 1.82) is 0 Å². The molecule has 4 aromatic rings. The molecule has 5 rings (SSSR count). The zero-order valence-electron chi connectivity index (χ0n) is 26.6. The largest absolute Gasteiger partial charge is 0.493 e. The first-order chi connectivity index (χ1) is 21.9. The number of fused-ring (bicyclic) bond motifs is 1. The van der Waals surface area contributed by atoms with E-state index in [0.29, 0.717) is 84.1 Å². The fraction of sp³-hybridized carbons (Fsp3) is 0.419. The molecule has 0 unspecified atom stereocenters. The van der Waals surface area contributed by atoms with Crippen LogP contribution < -0.4 is 24.8 Å². The summed E-state index contributed by atoms with van der Waals surface area (Å²) < 4.78 is 48.1. The van der Waals surface area contributed by atoms with Gasteiger partial charge in [-0.3, -0.25) is 5.32 Å². The lowest BCUT2D eigenvalue weighted by Gasteiger charge is -2.33. The van der Waals surface area contributed by atoms with Gasteiger partial charge in [-0.2, -0.15) is 4.31 Å². The third kappa shape index (κ3) is 8.41. The molecular weight excluding hydrogens is 614 g/mol. The molecule has 2 amide bonds. The van der Waals surface area contributed by atoms with Crippen LogP contribution in [0.5, 0.6) is 23.1 Å². The van der Waals surface area contributed by atoms with Crippen LogP contribution in [0.1, 0.15) is 33.0 Å². The minimum atomic E-state index is -3.15. The van der Waals surface area contributed by atoms with Crippen molar-refractivity contribution in [2.75, 3.05) is 63.3 Å². The summed E-state index contributed by atoms with van der Waals surface area (Å²) in [7, 11) is -1.59. The van der Waals surface area contributed by atoms with E-state index in [4.69, 9.17) is 18.7 Å². The van der Waals surface area contributed by atoms with Crippen LogP contribution in [-0.2, 0) is 15.4 Å². The van der Waals surface area contributed by atoms with Crippen molar-refractivity contribution in [3.63, 3.8) is 0 Å². The summed E-state index contributed by atoms with van der Waals surface area (Å²) in [4.78, 5) is 23.5. The maximum absolute atomic E-state index is 12.6. The van der Waals surface area contributed by atoms with Crippen LogP contribution in [0.15, 0.2) is 53.3 Å². The van der Waals surface area contributed by atoms with E-state index in [1.807, 2.05) is 20.8 Å². The molecule has 1 fully saturated rings. The average Bonchev–Trinajstić information content (AvgIpc) is 3.48. The molecule has 1 aliphatic rings. The van der Waals surface area contributed by atoms with E-state index >= 15 is 0 Å². The van der Waals surface area contributed by atoms with Crippen LogP contribution in [-0.4, -0.2) is 91.5 Å². The van der Waals surface area contributed by atoms with Gasteiger partial charge >= 0.3 is 6.03 Å². The highest BCUT2D eigenvalue weighted by molar-refractivity contribution is 7.88. The minimum absolute atomic E-state index is 0.235. The van der Waals surface area contributed by atoms with Crippen molar-refractivity contribution in [1.82, 2.24) is 24.3 Å². The second-order valence-electron chi connectivity index (χ2n) is 11.9. The fourth-order valence-corrected chi connectivity index (χ4v) is 5.69. The van der Waals surface area contributed by atoms with Crippen LogP contribution in [0.3, 0.4) is 0 Å². The topological polar surface area (TPSA) is 161 Å². The number of rotatable bonds is 11. The van der Waals surface area contributed by atoms with Gasteiger partial charge in [0.05, 0.1) is 30.9 Å². The van der Waals surface area contributed by atoms with Crippen molar-refractivity contribution < 1.29 is 31.9 Å². The molecule has 1 saturated heterocycles. The molecular formula is C31H39N7O7S. The molecule has 0 bridgehead atoms. The molecule has 2 aromatic carbocycles. The van der Waals surface area contributed by atoms with Gasteiger partial charge in [-0.05, 0) is 24.6 Å². The highest BCUT2D eigenvalue weighted by Crippen LogP contribution is 2.36. The molecule has 0 spiro atoms. The zero-order valence-corrected chi connectivity index (χ0v) is 27.4. The van der Waals surface area contributed by atoms with Gasteiger partial charge in [-0.25, -0.2) is 23.2 Å². The van der Waals surface area contributed by atoms with Gasteiger partial charge in [0.15, 0.2) is 17.3 Å². The number of carbonyl (C=O) groups excluding carboxylic acids is 1. The van der Waals surface area contributed by atoms with Crippen LogP contribution in [0.25, 0.3) is 10.9 Å². The smallest absolute Gasteiger partial charge is 0.324 e. The first-order valence-electron chi connectivity index (χ1n) is 14.9. The molecule has 0 saturated carbocycles. The van der Waals surface area contributed by atoms with Gasteiger partial charge in [-0.1, -0.05) is 32.0 Å².